The summed E-state index contributed by atoms with van der Waals surface area (Å²) in [5, 5.41) is 0. The topological polar surface area (TPSA) is 26.3 Å². The van der Waals surface area contributed by atoms with Gasteiger partial charge in [0.25, 0.3) is 0 Å². The number of allylic oxidation sites excluding steroid dienone is 2. The van der Waals surface area contributed by atoms with Gasteiger partial charge in [0.2, 0.25) is 0 Å². The lowest BCUT2D eigenvalue weighted by Gasteiger charge is -2.04. The van der Waals surface area contributed by atoms with Crippen LogP contribution < -0.4 is 0 Å². The fourth-order valence-electron chi connectivity index (χ4n) is 2.97. The fourth-order valence-corrected chi connectivity index (χ4v) is 3.16. The first-order chi connectivity index (χ1) is 12.8. The first kappa shape index (κ1) is 25.5. The van der Waals surface area contributed by atoms with Gasteiger partial charge in [-0.05, 0) is 51.4 Å². The number of esters is 1. The van der Waals surface area contributed by atoms with Gasteiger partial charge in [-0.3, -0.25) is 4.79 Å². The van der Waals surface area contributed by atoms with E-state index in [2.05, 4.69) is 19.1 Å². The van der Waals surface area contributed by atoms with Gasteiger partial charge in [-0.15, -0.1) is 11.6 Å². The highest BCUT2D eigenvalue weighted by molar-refractivity contribution is 6.17. The van der Waals surface area contributed by atoms with Crippen LogP contribution in [0.15, 0.2) is 12.2 Å². The van der Waals surface area contributed by atoms with Crippen molar-refractivity contribution in [2.24, 2.45) is 0 Å². The standard InChI is InChI=1S/C23H43ClO2/c1-2-3-4-5-6-7-8-9-10-11-12-13-14-15-17-20-23(25)26-22-19-16-18-21-24/h9-10H,2-8,11-22H2,1H3/b10-9-. The van der Waals surface area contributed by atoms with Crippen molar-refractivity contribution in [3.63, 3.8) is 0 Å². The van der Waals surface area contributed by atoms with Crippen LogP contribution >= 0.6 is 11.6 Å². The van der Waals surface area contributed by atoms with E-state index in [1.165, 1.54) is 70.6 Å². The molecule has 0 aliphatic carbocycles. The molecule has 0 spiro atoms. The molecular formula is C23H43ClO2. The van der Waals surface area contributed by atoms with Crippen molar-refractivity contribution in [1.82, 2.24) is 0 Å². The van der Waals surface area contributed by atoms with E-state index < -0.39 is 0 Å². The van der Waals surface area contributed by atoms with Gasteiger partial charge in [0.15, 0.2) is 0 Å². The Hall–Kier alpha value is -0.500. The van der Waals surface area contributed by atoms with Gasteiger partial charge in [0, 0.05) is 12.3 Å². The van der Waals surface area contributed by atoms with Crippen molar-refractivity contribution in [2.45, 2.75) is 116 Å². The molecule has 0 atom stereocenters. The summed E-state index contributed by atoms with van der Waals surface area (Å²) in [5.74, 6) is 0.663. The Kier molecular flexibility index (Phi) is 22.1. The zero-order valence-electron chi connectivity index (χ0n) is 17.3. The normalized spacial score (nSPS) is 11.3. The lowest BCUT2D eigenvalue weighted by atomic mass is 10.1. The number of halogens is 1. The minimum atomic E-state index is -0.0338. The lowest BCUT2D eigenvalue weighted by molar-refractivity contribution is -0.143. The minimum Gasteiger partial charge on any atom is -0.466 e. The quantitative estimate of drug-likeness (QED) is 0.0916. The maximum atomic E-state index is 11.6. The van der Waals surface area contributed by atoms with E-state index in [1.807, 2.05) is 0 Å². The second-order valence-corrected chi connectivity index (χ2v) is 7.68. The second-order valence-electron chi connectivity index (χ2n) is 7.30. The molecule has 2 nitrogen and oxygen atoms in total. The molecule has 154 valence electrons. The van der Waals surface area contributed by atoms with Gasteiger partial charge in [-0.2, -0.15) is 0 Å². The number of ether oxygens (including phenoxy) is 1. The van der Waals surface area contributed by atoms with E-state index in [9.17, 15) is 4.79 Å². The van der Waals surface area contributed by atoms with Crippen molar-refractivity contribution in [2.75, 3.05) is 12.5 Å². The Balaban J connectivity index is 3.18. The molecule has 0 aliphatic rings. The van der Waals surface area contributed by atoms with Crippen LogP contribution in [-0.2, 0) is 9.53 Å². The van der Waals surface area contributed by atoms with Crippen LogP contribution in [0.25, 0.3) is 0 Å². The molecule has 3 heteroatoms. The number of rotatable bonds is 20. The Bertz CT molecular complexity index is 315. The molecule has 0 saturated carbocycles. The third-order valence-corrected chi connectivity index (χ3v) is 4.95. The summed E-state index contributed by atoms with van der Waals surface area (Å²) in [6.07, 6.45) is 24.9. The predicted molar refractivity (Wildman–Crippen MR) is 115 cm³/mol. The average Bonchev–Trinajstić information content (AvgIpc) is 2.64. The molecule has 0 unspecified atom stereocenters. The van der Waals surface area contributed by atoms with Crippen LogP contribution in [0.1, 0.15) is 116 Å². The van der Waals surface area contributed by atoms with Crippen molar-refractivity contribution < 1.29 is 9.53 Å². The highest BCUT2D eigenvalue weighted by Gasteiger charge is 2.02. The maximum absolute atomic E-state index is 11.6. The minimum absolute atomic E-state index is 0.0338. The number of alkyl halides is 1. The smallest absolute Gasteiger partial charge is 0.305 e. The van der Waals surface area contributed by atoms with E-state index in [-0.39, 0.29) is 5.97 Å². The molecule has 0 fully saturated rings. The lowest BCUT2D eigenvalue weighted by Crippen LogP contribution is -2.05. The van der Waals surface area contributed by atoms with Crippen LogP contribution in [0.3, 0.4) is 0 Å². The van der Waals surface area contributed by atoms with Gasteiger partial charge in [0.1, 0.15) is 0 Å². The van der Waals surface area contributed by atoms with Crippen LogP contribution in [0.4, 0.5) is 0 Å². The molecule has 0 aromatic rings. The molecule has 0 N–H and O–H groups in total. The van der Waals surface area contributed by atoms with E-state index in [0.717, 1.165) is 32.1 Å². The first-order valence-corrected chi connectivity index (χ1v) is 11.7. The largest absolute Gasteiger partial charge is 0.466 e. The van der Waals surface area contributed by atoms with Crippen LogP contribution in [0, 0.1) is 0 Å². The van der Waals surface area contributed by atoms with Crippen molar-refractivity contribution in [1.29, 1.82) is 0 Å². The Morgan fingerprint density at radius 1 is 0.731 bits per heavy atom. The van der Waals surface area contributed by atoms with E-state index >= 15 is 0 Å². The van der Waals surface area contributed by atoms with Gasteiger partial charge < -0.3 is 4.74 Å². The number of unbranched alkanes of at least 4 members (excludes halogenated alkanes) is 13. The number of hydrogen-bond donors (Lipinski definition) is 0. The third-order valence-electron chi connectivity index (χ3n) is 4.68. The van der Waals surface area contributed by atoms with Crippen molar-refractivity contribution in [3.05, 3.63) is 12.2 Å². The van der Waals surface area contributed by atoms with Crippen molar-refractivity contribution >= 4 is 17.6 Å². The van der Waals surface area contributed by atoms with E-state index in [4.69, 9.17) is 16.3 Å². The van der Waals surface area contributed by atoms with Gasteiger partial charge in [-0.25, -0.2) is 0 Å². The number of carbonyl (C=O) groups excluding carboxylic acids is 1. The molecular weight excluding hydrogens is 344 g/mol. The fraction of sp³-hybridized carbons (Fsp3) is 0.870. The van der Waals surface area contributed by atoms with Gasteiger partial charge in [0.05, 0.1) is 6.61 Å². The van der Waals surface area contributed by atoms with Crippen LogP contribution in [0.2, 0.25) is 0 Å². The number of carbonyl (C=O) groups is 1. The summed E-state index contributed by atoms with van der Waals surface area (Å²) in [7, 11) is 0. The molecule has 26 heavy (non-hydrogen) atoms. The summed E-state index contributed by atoms with van der Waals surface area (Å²) in [6.45, 7) is 2.82. The summed E-state index contributed by atoms with van der Waals surface area (Å²) in [6, 6.07) is 0. The summed E-state index contributed by atoms with van der Waals surface area (Å²) >= 11 is 5.61. The molecule has 0 amide bonds. The Morgan fingerprint density at radius 3 is 1.88 bits per heavy atom. The van der Waals surface area contributed by atoms with Crippen LogP contribution in [0.5, 0.6) is 0 Å². The highest BCUT2D eigenvalue weighted by atomic mass is 35.5. The second kappa shape index (κ2) is 22.5. The summed E-state index contributed by atoms with van der Waals surface area (Å²) < 4.78 is 5.22. The first-order valence-electron chi connectivity index (χ1n) is 11.2. The number of hydrogen-bond acceptors (Lipinski definition) is 2. The van der Waals surface area contributed by atoms with E-state index in [1.54, 1.807) is 0 Å². The zero-order valence-corrected chi connectivity index (χ0v) is 18.0. The molecule has 0 aromatic carbocycles. The summed E-state index contributed by atoms with van der Waals surface area (Å²) in [5.41, 5.74) is 0. The third kappa shape index (κ3) is 21.5. The van der Waals surface area contributed by atoms with Crippen LogP contribution in [-0.4, -0.2) is 18.5 Å². The van der Waals surface area contributed by atoms with E-state index in [0.29, 0.717) is 18.9 Å². The van der Waals surface area contributed by atoms with Crippen molar-refractivity contribution in [3.8, 4) is 0 Å². The van der Waals surface area contributed by atoms with Gasteiger partial charge >= 0.3 is 5.97 Å². The van der Waals surface area contributed by atoms with Gasteiger partial charge in [-0.1, -0.05) is 70.4 Å². The molecule has 0 bridgehead atoms. The monoisotopic (exact) mass is 386 g/mol. The highest BCUT2D eigenvalue weighted by Crippen LogP contribution is 2.10. The molecule has 0 aliphatic heterocycles. The average molecular weight is 387 g/mol. The maximum Gasteiger partial charge on any atom is 0.305 e. The molecule has 0 aromatic heterocycles. The molecule has 0 rings (SSSR count). The molecule has 0 radical (unpaired) electrons. The Morgan fingerprint density at radius 2 is 1.27 bits per heavy atom. The summed E-state index contributed by atoms with van der Waals surface area (Å²) in [4.78, 5) is 11.6. The SMILES string of the molecule is CCCCCCCC/C=C\CCCCCCCC(=O)OCCCCCCl. The molecule has 0 saturated heterocycles. The predicted octanol–water partition coefficient (Wildman–Crippen LogP) is 7.98. The molecule has 0 heterocycles. The Labute approximate surface area is 168 Å². The zero-order chi connectivity index (χ0) is 19.1.